The van der Waals surface area contributed by atoms with Gasteiger partial charge in [0.25, 0.3) is 0 Å². The highest BCUT2D eigenvalue weighted by atomic mass is 16.5. The average Bonchev–Trinajstić information content (AvgIpc) is 3.01. The molecule has 0 amide bonds. The number of carbonyl (C=O) groups is 1. The fourth-order valence-electron chi connectivity index (χ4n) is 3.12. The SMILES string of the molecule is CCC(CC)(CNCc1ccc(OCc2c(C)noc2C)c(OC)c1)C(=O)O. The molecule has 2 rings (SSSR count). The first kappa shape index (κ1) is 21.8. The summed E-state index contributed by atoms with van der Waals surface area (Å²) in [6, 6.07) is 5.70. The molecule has 2 N–H and O–H groups in total. The molecule has 7 nitrogen and oxygen atoms in total. The van der Waals surface area contributed by atoms with E-state index in [0.717, 1.165) is 22.6 Å². The number of aromatic nitrogens is 1. The van der Waals surface area contributed by atoms with Crippen molar-refractivity contribution in [1.82, 2.24) is 10.5 Å². The Bertz CT molecular complexity index is 777. The first-order chi connectivity index (χ1) is 13.4. The van der Waals surface area contributed by atoms with Crippen LogP contribution in [-0.2, 0) is 17.9 Å². The van der Waals surface area contributed by atoms with Crippen molar-refractivity contribution < 1.29 is 23.9 Å². The lowest BCUT2D eigenvalue weighted by Crippen LogP contribution is -2.40. The molecular weight excluding hydrogens is 360 g/mol. The number of hydrogen-bond donors (Lipinski definition) is 2. The normalized spacial score (nSPS) is 11.5. The first-order valence-electron chi connectivity index (χ1n) is 9.52. The Morgan fingerprint density at radius 2 is 1.96 bits per heavy atom. The maximum absolute atomic E-state index is 11.6. The van der Waals surface area contributed by atoms with Crippen LogP contribution in [0.5, 0.6) is 11.5 Å². The van der Waals surface area contributed by atoms with Gasteiger partial charge in [-0.1, -0.05) is 25.1 Å². The van der Waals surface area contributed by atoms with E-state index in [9.17, 15) is 9.90 Å². The molecule has 0 aliphatic carbocycles. The molecule has 0 unspecified atom stereocenters. The van der Waals surface area contributed by atoms with Gasteiger partial charge >= 0.3 is 5.97 Å². The summed E-state index contributed by atoms with van der Waals surface area (Å²) in [5.74, 6) is 1.24. The highest BCUT2D eigenvalue weighted by Gasteiger charge is 2.34. The number of carboxylic acids is 1. The third kappa shape index (κ3) is 4.84. The molecule has 0 spiro atoms. The van der Waals surface area contributed by atoms with Crippen LogP contribution in [0, 0.1) is 19.3 Å². The van der Waals surface area contributed by atoms with Crippen LogP contribution in [0.4, 0.5) is 0 Å². The smallest absolute Gasteiger partial charge is 0.310 e. The van der Waals surface area contributed by atoms with Crippen molar-refractivity contribution in [3.8, 4) is 11.5 Å². The molecule has 0 aliphatic rings. The predicted octanol–water partition coefficient (Wildman–Crippen LogP) is 3.86. The molecule has 0 saturated heterocycles. The zero-order chi connectivity index (χ0) is 20.7. The van der Waals surface area contributed by atoms with Gasteiger partial charge in [0.1, 0.15) is 12.4 Å². The van der Waals surface area contributed by atoms with Gasteiger partial charge in [-0.05, 0) is 44.4 Å². The van der Waals surface area contributed by atoms with Crippen molar-refractivity contribution in [3.05, 3.63) is 40.8 Å². The zero-order valence-electron chi connectivity index (χ0n) is 17.3. The van der Waals surface area contributed by atoms with Gasteiger partial charge in [0, 0.05) is 13.1 Å². The van der Waals surface area contributed by atoms with Gasteiger partial charge in [0.2, 0.25) is 0 Å². The Morgan fingerprint density at radius 1 is 1.25 bits per heavy atom. The van der Waals surface area contributed by atoms with Gasteiger partial charge < -0.3 is 24.4 Å². The summed E-state index contributed by atoms with van der Waals surface area (Å²) in [6.45, 7) is 8.88. The number of benzene rings is 1. The molecule has 0 bridgehead atoms. The summed E-state index contributed by atoms with van der Waals surface area (Å²) in [4.78, 5) is 11.6. The van der Waals surface area contributed by atoms with Gasteiger partial charge in [-0.3, -0.25) is 4.79 Å². The molecule has 7 heteroatoms. The van der Waals surface area contributed by atoms with Crippen molar-refractivity contribution in [3.63, 3.8) is 0 Å². The van der Waals surface area contributed by atoms with Crippen molar-refractivity contribution in [2.45, 2.75) is 53.7 Å². The monoisotopic (exact) mass is 390 g/mol. The Hall–Kier alpha value is -2.54. The van der Waals surface area contributed by atoms with Gasteiger partial charge in [0.15, 0.2) is 11.5 Å². The van der Waals surface area contributed by atoms with E-state index in [0.29, 0.717) is 44.0 Å². The van der Waals surface area contributed by atoms with E-state index in [-0.39, 0.29) is 0 Å². The van der Waals surface area contributed by atoms with Gasteiger partial charge in [-0.25, -0.2) is 0 Å². The van der Waals surface area contributed by atoms with E-state index in [1.54, 1.807) is 7.11 Å². The quantitative estimate of drug-likeness (QED) is 0.602. The van der Waals surface area contributed by atoms with E-state index < -0.39 is 11.4 Å². The van der Waals surface area contributed by atoms with E-state index in [1.165, 1.54) is 0 Å². The lowest BCUT2D eigenvalue weighted by atomic mass is 9.82. The van der Waals surface area contributed by atoms with Crippen molar-refractivity contribution in [2.75, 3.05) is 13.7 Å². The van der Waals surface area contributed by atoms with Crippen molar-refractivity contribution >= 4 is 5.97 Å². The maximum atomic E-state index is 11.6. The van der Waals surface area contributed by atoms with E-state index in [1.807, 2.05) is 45.9 Å². The highest BCUT2D eigenvalue weighted by Crippen LogP contribution is 2.30. The summed E-state index contributed by atoms with van der Waals surface area (Å²) in [7, 11) is 1.60. The molecule has 0 radical (unpaired) electrons. The lowest BCUT2D eigenvalue weighted by Gasteiger charge is -2.27. The van der Waals surface area contributed by atoms with Crippen molar-refractivity contribution in [2.24, 2.45) is 5.41 Å². The molecular formula is C21H30N2O5. The van der Waals surface area contributed by atoms with Crippen LogP contribution in [0.15, 0.2) is 22.7 Å². The number of methoxy groups -OCH3 is 1. The standard InChI is InChI=1S/C21H30N2O5/c1-6-21(7-2,20(24)25)13-22-11-16-8-9-18(19(10-16)26-5)27-12-17-14(3)23-28-15(17)4/h8-10,22H,6-7,11-13H2,1-5H3,(H,24,25). The van der Waals surface area contributed by atoms with E-state index in [2.05, 4.69) is 10.5 Å². The van der Waals surface area contributed by atoms with E-state index in [4.69, 9.17) is 14.0 Å². The number of aliphatic carboxylic acids is 1. The van der Waals surface area contributed by atoms with Gasteiger partial charge in [0.05, 0.1) is 23.8 Å². The minimum atomic E-state index is -0.759. The number of rotatable bonds is 11. The Labute approximate surface area is 166 Å². The fourth-order valence-corrected chi connectivity index (χ4v) is 3.12. The first-order valence-corrected chi connectivity index (χ1v) is 9.52. The van der Waals surface area contributed by atoms with Gasteiger partial charge in [-0.2, -0.15) is 0 Å². The summed E-state index contributed by atoms with van der Waals surface area (Å²) < 4.78 is 16.5. The molecule has 0 saturated carbocycles. The van der Waals surface area contributed by atoms with E-state index >= 15 is 0 Å². The fraction of sp³-hybridized carbons (Fsp3) is 0.524. The van der Waals surface area contributed by atoms with Gasteiger partial charge in [-0.15, -0.1) is 0 Å². The predicted molar refractivity (Wildman–Crippen MR) is 106 cm³/mol. The Morgan fingerprint density at radius 3 is 2.50 bits per heavy atom. The molecule has 1 aromatic heterocycles. The Kier molecular flexibility index (Phi) is 7.45. The molecule has 1 heterocycles. The third-order valence-corrected chi connectivity index (χ3v) is 5.38. The van der Waals surface area contributed by atoms with Crippen LogP contribution in [0.25, 0.3) is 0 Å². The summed E-state index contributed by atoms with van der Waals surface area (Å²) in [5.41, 5.74) is 2.00. The largest absolute Gasteiger partial charge is 0.493 e. The maximum Gasteiger partial charge on any atom is 0.310 e. The van der Waals surface area contributed by atoms with Crippen LogP contribution < -0.4 is 14.8 Å². The molecule has 2 aromatic rings. The molecule has 0 aliphatic heterocycles. The molecule has 1 aromatic carbocycles. The highest BCUT2D eigenvalue weighted by molar-refractivity contribution is 5.74. The Balaban J connectivity index is 2.01. The second kappa shape index (κ2) is 9.59. The van der Waals surface area contributed by atoms with Crippen LogP contribution >= 0.6 is 0 Å². The van der Waals surface area contributed by atoms with Crippen LogP contribution in [0.3, 0.4) is 0 Å². The van der Waals surface area contributed by atoms with Crippen LogP contribution in [0.2, 0.25) is 0 Å². The number of hydrogen-bond acceptors (Lipinski definition) is 6. The number of ether oxygens (including phenoxy) is 2. The van der Waals surface area contributed by atoms with Crippen molar-refractivity contribution in [1.29, 1.82) is 0 Å². The minimum Gasteiger partial charge on any atom is -0.493 e. The number of nitrogens with one attached hydrogen (secondary N) is 1. The summed E-state index contributed by atoms with van der Waals surface area (Å²) >= 11 is 0. The molecule has 0 atom stereocenters. The summed E-state index contributed by atoms with van der Waals surface area (Å²) in [6.07, 6.45) is 1.17. The average molecular weight is 390 g/mol. The topological polar surface area (TPSA) is 93.8 Å². The third-order valence-electron chi connectivity index (χ3n) is 5.38. The minimum absolute atomic E-state index is 0.350. The van der Waals surface area contributed by atoms with Crippen LogP contribution in [-0.4, -0.2) is 29.9 Å². The zero-order valence-corrected chi connectivity index (χ0v) is 17.3. The number of carboxylic acid groups (broad SMARTS) is 1. The summed E-state index contributed by atoms with van der Waals surface area (Å²) in [5, 5.41) is 16.7. The number of aryl methyl sites for hydroxylation is 2. The van der Waals surface area contributed by atoms with Crippen LogP contribution in [0.1, 0.15) is 49.3 Å². The lowest BCUT2D eigenvalue weighted by molar-refractivity contribution is -0.149. The second-order valence-corrected chi connectivity index (χ2v) is 6.97. The molecule has 0 fully saturated rings. The molecule has 154 valence electrons. The number of nitrogens with zero attached hydrogens (tertiary/aromatic N) is 1. The molecule has 28 heavy (non-hydrogen) atoms. The second-order valence-electron chi connectivity index (χ2n) is 6.97.